The molecule has 0 unspecified atom stereocenters. The van der Waals surface area contributed by atoms with Gasteiger partial charge in [-0.05, 0) is 65.3 Å². The average Bonchev–Trinajstić information content (AvgIpc) is 3.30. The van der Waals surface area contributed by atoms with Crippen LogP contribution in [0.2, 0.25) is 0 Å². The largest absolute Gasteiger partial charge is 0.508 e. The molecule has 1 fully saturated rings. The number of carbonyl (C=O) groups is 1. The van der Waals surface area contributed by atoms with Crippen molar-refractivity contribution in [2.24, 2.45) is 5.73 Å². The number of carbonyl (C=O) groups excluding carboxylic acids is 1. The number of aromatic nitrogens is 1. The van der Waals surface area contributed by atoms with E-state index in [1.54, 1.807) is 31.4 Å². The fourth-order valence-corrected chi connectivity index (χ4v) is 5.40. The molecule has 0 bridgehead atoms. The lowest BCUT2D eigenvalue weighted by atomic mass is 9.88. The van der Waals surface area contributed by atoms with Gasteiger partial charge in [-0.15, -0.1) is 0 Å². The van der Waals surface area contributed by atoms with Crippen LogP contribution in [0.25, 0.3) is 22.0 Å². The van der Waals surface area contributed by atoms with Gasteiger partial charge in [0.05, 0.1) is 12.2 Å². The van der Waals surface area contributed by atoms with Crippen molar-refractivity contribution in [1.29, 1.82) is 0 Å². The fraction of sp³-hybridized carbons (Fsp3) is 0.300. The minimum atomic E-state index is -0.209. The number of halogens is 1. The Labute approximate surface area is 216 Å². The van der Waals surface area contributed by atoms with Crippen molar-refractivity contribution in [3.63, 3.8) is 0 Å². The SMILES string of the molecule is COCCn1cc(C(=O)N2CCC(c3cc(CN)ccc3F)CC2)c2c(-c3cccc(O)c3)cccc21. The summed E-state index contributed by atoms with van der Waals surface area (Å²) < 4.78 is 21.9. The molecule has 0 radical (unpaired) electrons. The lowest BCUT2D eigenvalue weighted by molar-refractivity contribution is 0.0714. The summed E-state index contributed by atoms with van der Waals surface area (Å²) in [5.74, 6) is -0.0157. The summed E-state index contributed by atoms with van der Waals surface area (Å²) in [4.78, 5) is 15.8. The van der Waals surface area contributed by atoms with Gasteiger partial charge in [0.15, 0.2) is 0 Å². The maximum atomic E-state index is 14.6. The van der Waals surface area contributed by atoms with Crippen molar-refractivity contribution in [2.45, 2.75) is 31.8 Å². The molecule has 7 heteroatoms. The van der Waals surface area contributed by atoms with Gasteiger partial charge in [0.25, 0.3) is 5.91 Å². The van der Waals surface area contributed by atoms with E-state index in [1.807, 2.05) is 41.4 Å². The number of benzene rings is 3. The normalized spacial score (nSPS) is 14.4. The van der Waals surface area contributed by atoms with Crippen LogP contribution in [-0.4, -0.2) is 47.3 Å². The van der Waals surface area contributed by atoms with Crippen LogP contribution in [0, 0.1) is 5.82 Å². The zero-order valence-corrected chi connectivity index (χ0v) is 21.0. The summed E-state index contributed by atoms with van der Waals surface area (Å²) in [6.45, 7) is 2.61. The van der Waals surface area contributed by atoms with Gasteiger partial charge in [0, 0.05) is 50.4 Å². The van der Waals surface area contributed by atoms with E-state index in [0.29, 0.717) is 56.8 Å². The van der Waals surface area contributed by atoms with E-state index in [1.165, 1.54) is 6.07 Å². The quantitative estimate of drug-likeness (QED) is 0.361. The molecule has 0 spiro atoms. The third-order valence-corrected chi connectivity index (χ3v) is 7.35. The lowest BCUT2D eigenvalue weighted by Gasteiger charge is -2.32. The number of likely N-dealkylation sites (tertiary alicyclic amines) is 1. The summed E-state index contributed by atoms with van der Waals surface area (Å²) in [5, 5.41) is 11.0. The molecule has 3 N–H and O–H groups in total. The van der Waals surface area contributed by atoms with Crippen molar-refractivity contribution in [1.82, 2.24) is 9.47 Å². The molecule has 1 aliphatic heterocycles. The standard InChI is InChI=1S/C30H32FN3O3/c1-37-15-14-34-19-26(29-24(6-3-7-28(29)34)22-4-2-5-23(35)17-22)30(36)33-12-10-21(11-13-33)25-16-20(18-32)8-9-27(25)31/h2-9,16-17,19,21,35H,10-15,18,32H2,1H3. The maximum Gasteiger partial charge on any atom is 0.256 e. The molecule has 4 aromatic rings. The third-order valence-electron chi connectivity index (χ3n) is 7.35. The number of methoxy groups -OCH3 is 1. The van der Waals surface area contributed by atoms with Gasteiger partial charge in [0.1, 0.15) is 11.6 Å². The summed E-state index contributed by atoms with van der Waals surface area (Å²) in [6.07, 6.45) is 3.30. The summed E-state index contributed by atoms with van der Waals surface area (Å²) in [6, 6.07) is 18.1. The van der Waals surface area contributed by atoms with Crippen LogP contribution >= 0.6 is 0 Å². The van der Waals surface area contributed by atoms with E-state index in [4.69, 9.17) is 10.5 Å². The molecule has 192 valence electrons. The Bertz CT molecular complexity index is 1420. The highest BCUT2D eigenvalue weighted by Gasteiger charge is 2.29. The number of fused-ring (bicyclic) bond motifs is 1. The number of nitrogens with two attached hydrogens (primary N) is 1. The number of amides is 1. The average molecular weight is 502 g/mol. The Morgan fingerprint density at radius 2 is 1.89 bits per heavy atom. The van der Waals surface area contributed by atoms with Crippen molar-refractivity contribution in [2.75, 3.05) is 26.8 Å². The molecule has 1 saturated heterocycles. The van der Waals surface area contributed by atoms with Crippen molar-refractivity contribution in [3.05, 3.63) is 89.4 Å². The molecule has 0 saturated carbocycles. The molecule has 37 heavy (non-hydrogen) atoms. The van der Waals surface area contributed by atoms with Crippen LogP contribution in [0.5, 0.6) is 5.75 Å². The van der Waals surface area contributed by atoms with Gasteiger partial charge in [-0.1, -0.05) is 36.4 Å². The first-order chi connectivity index (χ1) is 18.0. The number of aromatic hydroxyl groups is 1. The van der Waals surface area contributed by atoms with Gasteiger partial charge in [-0.3, -0.25) is 4.79 Å². The van der Waals surface area contributed by atoms with Crippen molar-refractivity contribution >= 4 is 16.8 Å². The number of ether oxygens (including phenoxy) is 1. The number of rotatable bonds is 7. The summed E-state index contributed by atoms with van der Waals surface area (Å²) in [5.41, 5.74) is 10.7. The van der Waals surface area contributed by atoms with Crippen LogP contribution in [0.3, 0.4) is 0 Å². The zero-order valence-electron chi connectivity index (χ0n) is 21.0. The van der Waals surface area contributed by atoms with E-state index in [2.05, 4.69) is 4.57 Å². The molecular formula is C30H32FN3O3. The number of hydrogen-bond acceptors (Lipinski definition) is 4. The van der Waals surface area contributed by atoms with Crippen LogP contribution in [-0.2, 0) is 17.8 Å². The first-order valence-electron chi connectivity index (χ1n) is 12.7. The smallest absolute Gasteiger partial charge is 0.256 e. The number of hydrogen-bond donors (Lipinski definition) is 2. The predicted molar refractivity (Wildman–Crippen MR) is 143 cm³/mol. The highest BCUT2D eigenvalue weighted by atomic mass is 19.1. The van der Waals surface area contributed by atoms with Crippen molar-refractivity contribution < 1.29 is 19.0 Å². The molecule has 5 rings (SSSR count). The Hall–Kier alpha value is -3.68. The van der Waals surface area contributed by atoms with Gasteiger partial charge in [-0.2, -0.15) is 0 Å². The first kappa shape index (κ1) is 25.0. The molecule has 2 heterocycles. The molecule has 6 nitrogen and oxygen atoms in total. The van der Waals surface area contributed by atoms with E-state index >= 15 is 0 Å². The third kappa shape index (κ3) is 4.97. The van der Waals surface area contributed by atoms with E-state index in [-0.39, 0.29) is 23.4 Å². The Morgan fingerprint density at radius 1 is 1.11 bits per heavy atom. The highest BCUT2D eigenvalue weighted by Crippen LogP contribution is 2.36. The zero-order chi connectivity index (χ0) is 25.9. The van der Waals surface area contributed by atoms with E-state index in [0.717, 1.165) is 27.6 Å². The number of nitrogens with zero attached hydrogens (tertiary/aromatic N) is 2. The molecule has 0 atom stereocenters. The predicted octanol–water partition coefficient (Wildman–Crippen LogP) is 5.28. The minimum absolute atomic E-state index is 0.0385. The molecule has 1 amide bonds. The number of piperidine rings is 1. The molecular weight excluding hydrogens is 469 g/mol. The summed E-state index contributed by atoms with van der Waals surface area (Å²) >= 11 is 0. The van der Waals surface area contributed by atoms with Crippen LogP contribution in [0.4, 0.5) is 4.39 Å². The van der Waals surface area contributed by atoms with Gasteiger partial charge in [-0.25, -0.2) is 4.39 Å². The maximum absolute atomic E-state index is 14.6. The second kappa shape index (κ2) is 10.7. The monoisotopic (exact) mass is 501 g/mol. The minimum Gasteiger partial charge on any atom is -0.508 e. The van der Waals surface area contributed by atoms with Crippen molar-refractivity contribution in [3.8, 4) is 16.9 Å². The molecule has 3 aromatic carbocycles. The van der Waals surface area contributed by atoms with Crippen LogP contribution in [0.15, 0.2) is 66.9 Å². The Morgan fingerprint density at radius 3 is 2.62 bits per heavy atom. The highest BCUT2D eigenvalue weighted by molar-refractivity contribution is 6.12. The first-order valence-corrected chi connectivity index (χ1v) is 12.7. The topological polar surface area (TPSA) is 80.7 Å². The summed E-state index contributed by atoms with van der Waals surface area (Å²) in [7, 11) is 1.66. The molecule has 1 aliphatic rings. The lowest BCUT2D eigenvalue weighted by Crippen LogP contribution is -2.38. The van der Waals surface area contributed by atoms with Crippen LogP contribution in [0.1, 0.15) is 40.2 Å². The second-order valence-electron chi connectivity index (χ2n) is 9.61. The second-order valence-corrected chi connectivity index (χ2v) is 9.61. The fourth-order valence-electron chi connectivity index (χ4n) is 5.40. The van der Waals surface area contributed by atoms with E-state index in [9.17, 15) is 14.3 Å². The van der Waals surface area contributed by atoms with Gasteiger partial charge < -0.3 is 25.0 Å². The Kier molecular flexibility index (Phi) is 7.26. The Balaban J connectivity index is 1.47. The molecule has 0 aliphatic carbocycles. The number of phenols is 1. The van der Waals surface area contributed by atoms with E-state index < -0.39 is 0 Å². The molecule has 1 aromatic heterocycles. The number of phenolic OH excluding ortho intramolecular Hbond substituents is 1. The van der Waals surface area contributed by atoms with Crippen LogP contribution < -0.4 is 5.73 Å². The van der Waals surface area contributed by atoms with Gasteiger partial charge in [0.2, 0.25) is 0 Å². The van der Waals surface area contributed by atoms with Gasteiger partial charge >= 0.3 is 0 Å².